The van der Waals surface area contributed by atoms with E-state index in [1.54, 1.807) is 14.0 Å². The molecule has 1 aromatic carbocycles. The topological polar surface area (TPSA) is 66.8 Å². The van der Waals surface area contributed by atoms with Crippen LogP contribution in [0.1, 0.15) is 32.3 Å². The van der Waals surface area contributed by atoms with Crippen LogP contribution in [-0.2, 0) is 11.2 Å². The molecule has 0 fully saturated rings. The normalized spacial score (nSPS) is 15.6. The number of carbonyl (C=O) groups is 1. The van der Waals surface area contributed by atoms with Gasteiger partial charge in [0.2, 0.25) is 0 Å². The summed E-state index contributed by atoms with van der Waals surface area (Å²) in [6.45, 7) is 3.53. The van der Waals surface area contributed by atoms with Crippen LogP contribution in [0.2, 0.25) is 0 Å². The van der Waals surface area contributed by atoms with Crippen LogP contribution in [0.3, 0.4) is 0 Å². The van der Waals surface area contributed by atoms with E-state index in [1.807, 2.05) is 31.2 Å². The maximum Gasteiger partial charge on any atom is 0.306 e. The average Bonchev–Trinajstić information content (AvgIpc) is 2.38. The van der Waals surface area contributed by atoms with E-state index in [9.17, 15) is 15.0 Å². The Kier molecular flexibility index (Phi) is 5.36. The van der Waals surface area contributed by atoms with E-state index < -0.39 is 17.5 Å². The van der Waals surface area contributed by atoms with Crippen molar-refractivity contribution in [1.82, 2.24) is 0 Å². The number of aliphatic carboxylic acids is 1. The second-order valence-electron chi connectivity index (χ2n) is 5.15. The summed E-state index contributed by atoms with van der Waals surface area (Å²) in [5, 5.41) is 19.3. The van der Waals surface area contributed by atoms with Gasteiger partial charge in [0, 0.05) is 0 Å². The summed E-state index contributed by atoms with van der Waals surface area (Å²) in [6, 6.07) is 7.36. The summed E-state index contributed by atoms with van der Waals surface area (Å²) >= 11 is 0. The molecule has 0 saturated heterocycles. The minimum atomic E-state index is -0.943. The second-order valence-corrected chi connectivity index (χ2v) is 5.15. The molecular weight excluding hydrogens is 244 g/mol. The predicted octanol–water partition coefficient (Wildman–Crippen LogP) is 2.49. The van der Waals surface area contributed by atoms with Gasteiger partial charge < -0.3 is 14.9 Å². The number of carboxylic acids is 1. The number of ether oxygens (including phenoxy) is 1. The van der Waals surface area contributed by atoms with E-state index in [4.69, 9.17) is 4.74 Å². The molecule has 0 spiro atoms. The highest BCUT2D eigenvalue weighted by Crippen LogP contribution is 2.24. The van der Waals surface area contributed by atoms with Crippen LogP contribution in [0.25, 0.3) is 0 Å². The molecule has 1 rings (SSSR count). The van der Waals surface area contributed by atoms with Crippen molar-refractivity contribution in [2.45, 2.75) is 38.7 Å². The largest absolute Gasteiger partial charge is 0.497 e. The van der Waals surface area contributed by atoms with Gasteiger partial charge in [0.05, 0.1) is 18.6 Å². The molecular formula is C15H22O4. The maximum atomic E-state index is 11.3. The summed E-state index contributed by atoms with van der Waals surface area (Å²) < 4.78 is 5.12. The summed E-state index contributed by atoms with van der Waals surface area (Å²) in [7, 11) is 1.58. The van der Waals surface area contributed by atoms with E-state index in [1.165, 1.54) is 0 Å². The van der Waals surface area contributed by atoms with Crippen LogP contribution < -0.4 is 4.74 Å². The quantitative estimate of drug-likeness (QED) is 0.795. The van der Waals surface area contributed by atoms with Gasteiger partial charge in [-0.15, -0.1) is 0 Å². The number of hydrogen-bond donors (Lipinski definition) is 2. The third-order valence-corrected chi connectivity index (χ3v) is 3.41. The van der Waals surface area contributed by atoms with Gasteiger partial charge in [0.1, 0.15) is 5.75 Å². The zero-order chi connectivity index (χ0) is 14.5. The van der Waals surface area contributed by atoms with E-state index in [2.05, 4.69) is 0 Å². The number of rotatable bonds is 7. The van der Waals surface area contributed by atoms with Gasteiger partial charge in [-0.25, -0.2) is 0 Å². The molecule has 0 aromatic heterocycles. The van der Waals surface area contributed by atoms with Gasteiger partial charge in [-0.3, -0.25) is 4.79 Å². The van der Waals surface area contributed by atoms with E-state index >= 15 is 0 Å². The highest BCUT2D eigenvalue weighted by molar-refractivity contribution is 5.70. The standard InChI is InChI=1S/C15H22O4/c1-4-15(2,18)10-12(14(16)17)8-11-6-5-7-13(9-11)19-3/h5-7,9,12,18H,4,8,10H2,1-3H3,(H,16,17). The fourth-order valence-corrected chi connectivity index (χ4v) is 2.01. The zero-order valence-electron chi connectivity index (χ0n) is 11.7. The summed E-state index contributed by atoms with van der Waals surface area (Å²) in [5.74, 6) is -0.762. The Hall–Kier alpha value is -1.55. The lowest BCUT2D eigenvalue weighted by molar-refractivity contribution is -0.144. The first-order valence-electron chi connectivity index (χ1n) is 6.46. The lowest BCUT2D eigenvalue weighted by Gasteiger charge is -2.25. The number of hydrogen-bond acceptors (Lipinski definition) is 3. The fourth-order valence-electron chi connectivity index (χ4n) is 2.01. The molecule has 0 bridgehead atoms. The van der Waals surface area contributed by atoms with Crippen molar-refractivity contribution >= 4 is 5.97 Å². The monoisotopic (exact) mass is 266 g/mol. The van der Waals surface area contributed by atoms with Crippen molar-refractivity contribution in [3.05, 3.63) is 29.8 Å². The molecule has 0 heterocycles. The third-order valence-electron chi connectivity index (χ3n) is 3.41. The molecule has 19 heavy (non-hydrogen) atoms. The summed E-state index contributed by atoms with van der Waals surface area (Å²) in [4.78, 5) is 11.3. The van der Waals surface area contributed by atoms with Crippen molar-refractivity contribution in [1.29, 1.82) is 0 Å². The molecule has 4 heteroatoms. The highest BCUT2D eigenvalue weighted by atomic mass is 16.5. The van der Waals surface area contributed by atoms with Crippen molar-refractivity contribution < 1.29 is 19.7 Å². The van der Waals surface area contributed by atoms with E-state index in [0.29, 0.717) is 18.6 Å². The molecule has 2 unspecified atom stereocenters. The van der Waals surface area contributed by atoms with Crippen molar-refractivity contribution in [3.63, 3.8) is 0 Å². The van der Waals surface area contributed by atoms with Gasteiger partial charge in [-0.2, -0.15) is 0 Å². The molecule has 0 saturated carbocycles. The second kappa shape index (κ2) is 6.57. The van der Waals surface area contributed by atoms with Gasteiger partial charge in [-0.05, 0) is 43.9 Å². The van der Waals surface area contributed by atoms with E-state index in [-0.39, 0.29) is 6.42 Å². The maximum absolute atomic E-state index is 11.3. The van der Waals surface area contributed by atoms with E-state index in [0.717, 1.165) is 5.56 Å². The SMILES string of the molecule is CCC(C)(O)CC(Cc1cccc(OC)c1)C(=O)O. The van der Waals surface area contributed by atoms with Crippen LogP contribution in [0.5, 0.6) is 5.75 Å². The van der Waals surface area contributed by atoms with Crippen molar-refractivity contribution in [2.24, 2.45) is 5.92 Å². The Morgan fingerprint density at radius 2 is 2.16 bits per heavy atom. The molecule has 1 aromatic rings. The van der Waals surface area contributed by atoms with Crippen LogP contribution in [0.4, 0.5) is 0 Å². The van der Waals surface area contributed by atoms with Gasteiger partial charge >= 0.3 is 5.97 Å². The van der Waals surface area contributed by atoms with Crippen LogP contribution in [-0.4, -0.2) is 28.9 Å². The first-order chi connectivity index (χ1) is 8.88. The molecule has 2 N–H and O–H groups in total. The molecule has 106 valence electrons. The minimum absolute atomic E-state index is 0.246. The number of aliphatic hydroxyl groups is 1. The third kappa shape index (κ3) is 4.91. The Bertz CT molecular complexity index is 426. The molecule has 0 aliphatic carbocycles. The first kappa shape index (κ1) is 15.5. The zero-order valence-corrected chi connectivity index (χ0v) is 11.7. The molecule has 4 nitrogen and oxygen atoms in total. The Labute approximate surface area is 114 Å². The first-order valence-corrected chi connectivity index (χ1v) is 6.46. The molecule has 0 radical (unpaired) electrons. The highest BCUT2D eigenvalue weighted by Gasteiger charge is 2.28. The van der Waals surface area contributed by atoms with Crippen LogP contribution >= 0.6 is 0 Å². The lowest BCUT2D eigenvalue weighted by atomic mass is 9.86. The van der Waals surface area contributed by atoms with Crippen LogP contribution in [0.15, 0.2) is 24.3 Å². The Morgan fingerprint density at radius 3 is 2.68 bits per heavy atom. The van der Waals surface area contributed by atoms with Crippen molar-refractivity contribution in [2.75, 3.05) is 7.11 Å². The van der Waals surface area contributed by atoms with Gasteiger partial charge in [-0.1, -0.05) is 19.1 Å². The number of methoxy groups -OCH3 is 1. The molecule has 0 amide bonds. The predicted molar refractivity (Wildman–Crippen MR) is 73.4 cm³/mol. The van der Waals surface area contributed by atoms with Crippen molar-refractivity contribution in [3.8, 4) is 5.75 Å². The van der Waals surface area contributed by atoms with Gasteiger partial charge in [0.25, 0.3) is 0 Å². The Balaban J connectivity index is 2.81. The average molecular weight is 266 g/mol. The molecule has 2 atom stereocenters. The smallest absolute Gasteiger partial charge is 0.306 e. The van der Waals surface area contributed by atoms with Gasteiger partial charge in [0.15, 0.2) is 0 Å². The Morgan fingerprint density at radius 1 is 1.47 bits per heavy atom. The minimum Gasteiger partial charge on any atom is -0.497 e. The lowest BCUT2D eigenvalue weighted by Crippen LogP contribution is -2.31. The molecule has 0 aliphatic rings. The fraction of sp³-hybridized carbons (Fsp3) is 0.533. The number of carboxylic acid groups (broad SMARTS) is 1. The summed E-state index contributed by atoms with van der Waals surface area (Å²) in [5.41, 5.74) is -0.0410. The number of benzene rings is 1. The van der Waals surface area contributed by atoms with Crippen LogP contribution in [0, 0.1) is 5.92 Å². The summed E-state index contributed by atoms with van der Waals surface area (Å²) in [6.07, 6.45) is 1.17. The molecule has 0 aliphatic heterocycles.